The molecule has 8 heteroatoms. The van der Waals surface area contributed by atoms with Crippen molar-refractivity contribution >= 4 is 23.2 Å². The molecule has 162 valence electrons. The maximum Gasteiger partial charge on any atom is 0.227 e. The van der Waals surface area contributed by atoms with Crippen LogP contribution in [0, 0.1) is 0 Å². The van der Waals surface area contributed by atoms with Gasteiger partial charge in [0.15, 0.2) is 0 Å². The predicted molar refractivity (Wildman–Crippen MR) is 119 cm³/mol. The maximum absolute atomic E-state index is 12.6. The van der Waals surface area contributed by atoms with Gasteiger partial charge in [0.05, 0.1) is 6.61 Å². The number of ether oxygens (including phenoxy) is 1. The van der Waals surface area contributed by atoms with E-state index in [0.29, 0.717) is 44.3 Å². The van der Waals surface area contributed by atoms with Crippen molar-refractivity contribution in [2.24, 2.45) is 0 Å². The monoisotopic (exact) mass is 440 g/mol. The van der Waals surface area contributed by atoms with Crippen LogP contribution in [-0.2, 0) is 11.2 Å². The smallest absolute Gasteiger partial charge is 0.227 e. The fourth-order valence-corrected chi connectivity index (χ4v) is 3.70. The first-order valence-electron chi connectivity index (χ1n) is 10.5. The lowest BCUT2D eigenvalue weighted by Crippen LogP contribution is -2.48. The van der Waals surface area contributed by atoms with Crippen molar-refractivity contribution in [1.82, 2.24) is 15.0 Å². The van der Waals surface area contributed by atoms with Gasteiger partial charge in [-0.2, -0.15) is 4.98 Å². The Kier molecular flexibility index (Phi) is 6.72. The van der Waals surface area contributed by atoms with E-state index in [2.05, 4.69) is 15.0 Å². The summed E-state index contributed by atoms with van der Waals surface area (Å²) < 4.78 is 10.8. The highest BCUT2D eigenvalue weighted by atomic mass is 35.5. The van der Waals surface area contributed by atoms with E-state index in [4.69, 9.17) is 20.9 Å². The molecule has 7 nitrogen and oxygen atoms in total. The zero-order chi connectivity index (χ0) is 21.6. The van der Waals surface area contributed by atoms with Gasteiger partial charge in [0, 0.05) is 55.3 Å². The molecular formula is C23H25ClN4O3. The van der Waals surface area contributed by atoms with Crippen LogP contribution in [0.3, 0.4) is 0 Å². The summed E-state index contributed by atoms with van der Waals surface area (Å²) in [5.74, 6) is 1.90. The molecule has 0 unspecified atom stereocenters. The van der Waals surface area contributed by atoms with Gasteiger partial charge in [0.25, 0.3) is 0 Å². The summed E-state index contributed by atoms with van der Waals surface area (Å²) in [7, 11) is 0. The Morgan fingerprint density at radius 3 is 2.45 bits per heavy atom. The first-order chi connectivity index (χ1) is 15.1. The highest BCUT2D eigenvalue weighted by Crippen LogP contribution is 2.21. The van der Waals surface area contributed by atoms with Crippen LogP contribution >= 0.6 is 11.6 Å². The number of aryl methyl sites for hydroxylation is 1. The van der Waals surface area contributed by atoms with E-state index in [1.807, 2.05) is 60.4 Å². The normalized spacial score (nSPS) is 14.0. The molecule has 1 aliphatic heterocycles. The maximum atomic E-state index is 12.6. The number of benzene rings is 2. The van der Waals surface area contributed by atoms with E-state index in [0.717, 1.165) is 35.1 Å². The highest BCUT2D eigenvalue weighted by molar-refractivity contribution is 6.30. The van der Waals surface area contributed by atoms with Gasteiger partial charge in [-0.1, -0.05) is 16.8 Å². The molecular weight excluding hydrogens is 416 g/mol. The molecule has 1 aromatic heterocycles. The third-order valence-electron chi connectivity index (χ3n) is 5.27. The van der Waals surface area contributed by atoms with Crippen LogP contribution in [0.2, 0.25) is 5.02 Å². The van der Waals surface area contributed by atoms with Crippen molar-refractivity contribution in [2.75, 3.05) is 37.7 Å². The fourth-order valence-electron chi connectivity index (χ4n) is 3.58. The van der Waals surface area contributed by atoms with Crippen molar-refractivity contribution in [3.63, 3.8) is 0 Å². The van der Waals surface area contributed by atoms with Crippen LogP contribution in [0.5, 0.6) is 5.75 Å². The minimum Gasteiger partial charge on any atom is -0.494 e. The van der Waals surface area contributed by atoms with Crippen LogP contribution < -0.4 is 9.64 Å². The molecule has 2 heterocycles. The van der Waals surface area contributed by atoms with E-state index in [9.17, 15) is 4.79 Å². The second-order valence-electron chi connectivity index (χ2n) is 7.31. The zero-order valence-electron chi connectivity index (χ0n) is 17.5. The molecule has 0 bridgehead atoms. The largest absolute Gasteiger partial charge is 0.494 e. The number of halogens is 1. The third-order valence-corrected chi connectivity index (χ3v) is 5.52. The second-order valence-corrected chi connectivity index (χ2v) is 7.75. The lowest BCUT2D eigenvalue weighted by molar-refractivity contribution is -0.131. The fraction of sp³-hybridized carbons (Fsp3) is 0.348. The average Bonchev–Trinajstić information content (AvgIpc) is 3.28. The van der Waals surface area contributed by atoms with E-state index < -0.39 is 0 Å². The van der Waals surface area contributed by atoms with Crippen molar-refractivity contribution in [3.8, 4) is 17.1 Å². The molecule has 2 aromatic carbocycles. The molecule has 1 fully saturated rings. The predicted octanol–water partition coefficient (Wildman–Crippen LogP) is 4.07. The molecule has 0 saturated carbocycles. The number of amides is 1. The Labute approximate surface area is 186 Å². The number of carbonyl (C=O) groups excluding carboxylic acids is 1. The number of rotatable bonds is 7. The zero-order valence-corrected chi connectivity index (χ0v) is 18.2. The highest BCUT2D eigenvalue weighted by Gasteiger charge is 2.22. The number of anilines is 1. The van der Waals surface area contributed by atoms with Gasteiger partial charge in [-0.3, -0.25) is 4.79 Å². The topological polar surface area (TPSA) is 71.7 Å². The lowest BCUT2D eigenvalue weighted by atomic mass is 10.2. The van der Waals surface area contributed by atoms with Crippen LogP contribution in [0.1, 0.15) is 19.2 Å². The van der Waals surface area contributed by atoms with Crippen molar-refractivity contribution < 1.29 is 14.1 Å². The van der Waals surface area contributed by atoms with Gasteiger partial charge in [0.2, 0.25) is 17.6 Å². The van der Waals surface area contributed by atoms with Gasteiger partial charge in [-0.05, 0) is 55.5 Å². The van der Waals surface area contributed by atoms with Crippen LogP contribution in [0.15, 0.2) is 53.1 Å². The quantitative estimate of drug-likeness (QED) is 0.551. The molecule has 0 radical (unpaired) electrons. The average molecular weight is 441 g/mol. The van der Waals surface area contributed by atoms with Gasteiger partial charge in [-0.15, -0.1) is 0 Å². The minimum absolute atomic E-state index is 0.108. The van der Waals surface area contributed by atoms with Crippen molar-refractivity contribution in [3.05, 3.63) is 59.4 Å². The van der Waals surface area contributed by atoms with E-state index >= 15 is 0 Å². The van der Waals surface area contributed by atoms with Crippen molar-refractivity contribution in [2.45, 2.75) is 19.8 Å². The Morgan fingerprint density at radius 2 is 1.77 bits per heavy atom. The van der Waals surface area contributed by atoms with E-state index in [-0.39, 0.29) is 5.91 Å². The molecule has 0 N–H and O–H groups in total. The summed E-state index contributed by atoms with van der Waals surface area (Å²) >= 11 is 5.96. The summed E-state index contributed by atoms with van der Waals surface area (Å²) in [6, 6.07) is 15.3. The molecule has 1 aliphatic rings. The molecule has 4 rings (SSSR count). The number of hydrogen-bond donors (Lipinski definition) is 0. The summed E-state index contributed by atoms with van der Waals surface area (Å²) in [6.45, 7) is 5.56. The van der Waals surface area contributed by atoms with E-state index in [1.54, 1.807) is 0 Å². The molecule has 1 saturated heterocycles. The lowest BCUT2D eigenvalue weighted by Gasteiger charge is -2.36. The van der Waals surface area contributed by atoms with Crippen molar-refractivity contribution in [1.29, 1.82) is 0 Å². The first-order valence-corrected chi connectivity index (χ1v) is 10.8. The first kappa shape index (κ1) is 21.2. The summed E-state index contributed by atoms with van der Waals surface area (Å²) in [5, 5.41) is 4.76. The summed E-state index contributed by atoms with van der Waals surface area (Å²) in [6.07, 6.45) is 0.784. The van der Waals surface area contributed by atoms with Crippen LogP contribution in [0.25, 0.3) is 11.4 Å². The Balaban J connectivity index is 1.26. The molecule has 3 aromatic rings. The number of piperazine rings is 1. The Morgan fingerprint density at radius 1 is 1.06 bits per heavy atom. The molecule has 0 spiro atoms. The van der Waals surface area contributed by atoms with Gasteiger partial charge >= 0.3 is 0 Å². The Bertz CT molecular complexity index is 996. The van der Waals surface area contributed by atoms with Gasteiger partial charge in [0.1, 0.15) is 5.75 Å². The SMILES string of the molecule is CCOc1ccc(-c2noc(CCC(=O)N3CCN(c4ccc(Cl)cc4)CC3)n2)cc1. The summed E-state index contributed by atoms with van der Waals surface area (Å²) in [4.78, 5) is 21.2. The number of carbonyl (C=O) groups is 1. The Hall–Kier alpha value is -3.06. The summed E-state index contributed by atoms with van der Waals surface area (Å²) in [5.41, 5.74) is 1.98. The molecule has 1 amide bonds. The molecule has 31 heavy (non-hydrogen) atoms. The van der Waals surface area contributed by atoms with Crippen LogP contribution in [-0.4, -0.2) is 53.7 Å². The second kappa shape index (κ2) is 9.83. The molecule has 0 aliphatic carbocycles. The van der Waals surface area contributed by atoms with Crippen LogP contribution in [0.4, 0.5) is 5.69 Å². The van der Waals surface area contributed by atoms with E-state index in [1.165, 1.54) is 0 Å². The standard InChI is InChI=1S/C23H25ClN4O3/c1-2-30-20-9-3-17(4-10-20)23-25-21(31-26-23)11-12-22(29)28-15-13-27(14-16-28)19-7-5-18(24)6-8-19/h3-10H,2,11-16H2,1H3. The minimum atomic E-state index is 0.108. The number of hydrogen-bond acceptors (Lipinski definition) is 6. The number of nitrogens with zero attached hydrogens (tertiary/aromatic N) is 4. The number of aromatic nitrogens is 2. The van der Waals surface area contributed by atoms with Gasteiger partial charge in [-0.25, -0.2) is 0 Å². The molecule has 0 atom stereocenters. The third kappa shape index (κ3) is 5.35. The van der Waals surface area contributed by atoms with Gasteiger partial charge < -0.3 is 19.1 Å².